The van der Waals surface area contributed by atoms with Gasteiger partial charge in [-0.3, -0.25) is 4.40 Å². The van der Waals surface area contributed by atoms with Gasteiger partial charge in [-0.1, -0.05) is 0 Å². The summed E-state index contributed by atoms with van der Waals surface area (Å²) in [6.45, 7) is 0. The number of nitrogens with zero attached hydrogens (tertiary/aromatic N) is 2. The van der Waals surface area contributed by atoms with Crippen molar-refractivity contribution in [2.75, 3.05) is 14.2 Å². The fourth-order valence-electron chi connectivity index (χ4n) is 2.54. The molecule has 0 radical (unpaired) electrons. The molecule has 0 aliphatic rings. The van der Waals surface area contributed by atoms with Crippen LogP contribution in [-0.4, -0.2) is 34.7 Å². The van der Waals surface area contributed by atoms with Gasteiger partial charge in [0, 0.05) is 22.3 Å². The first-order chi connectivity index (χ1) is 12.0. The lowest BCUT2D eigenvalue weighted by Crippen LogP contribution is -1.93. The number of rotatable bonds is 5. The van der Waals surface area contributed by atoms with Crippen LogP contribution in [0.5, 0.6) is 11.5 Å². The number of carbonyl (C=O) groups is 1. The number of aromatic nitrogens is 2. The molecule has 0 aliphatic heterocycles. The van der Waals surface area contributed by atoms with Crippen molar-refractivity contribution in [2.24, 2.45) is 0 Å². The standard InChI is InChI=1S/C18H15BrN2O4/c1-24-14-6-3-11(9-15(14)25-2)18-13(5-8-17(22)23)21-10-12(19)4-7-16(21)20-18/h3-10H,1-2H3,(H,22,23). The zero-order valence-electron chi connectivity index (χ0n) is 13.6. The first-order valence-corrected chi connectivity index (χ1v) is 8.14. The maximum absolute atomic E-state index is 11.0. The number of hydrogen-bond acceptors (Lipinski definition) is 4. The Hall–Kier alpha value is -2.80. The van der Waals surface area contributed by atoms with E-state index >= 15 is 0 Å². The van der Waals surface area contributed by atoms with E-state index in [-0.39, 0.29) is 0 Å². The number of carboxylic acid groups (broad SMARTS) is 1. The summed E-state index contributed by atoms with van der Waals surface area (Å²) in [4.78, 5) is 15.6. The molecule has 0 bridgehead atoms. The van der Waals surface area contributed by atoms with E-state index < -0.39 is 5.97 Å². The van der Waals surface area contributed by atoms with Gasteiger partial charge in [0.05, 0.1) is 25.6 Å². The fraction of sp³-hybridized carbons (Fsp3) is 0.111. The molecule has 3 rings (SSSR count). The maximum atomic E-state index is 11.0. The molecular formula is C18H15BrN2O4. The highest BCUT2D eigenvalue weighted by Gasteiger charge is 2.15. The van der Waals surface area contributed by atoms with Crippen molar-refractivity contribution in [3.8, 4) is 22.8 Å². The quantitative estimate of drug-likeness (QED) is 0.655. The van der Waals surface area contributed by atoms with Gasteiger partial charge in [0.2, 0.25) is 0 Å². The molecule has 0 aliphatic carbocycles. The lowest BCUT2D eigenvalue weighted by Gasteiger charge is -2.09. The van der Waals surface area contributed by atoms with Crippen molar-refractivity contribution in [1.29, 1.82) is 0 Å². The molecule has 0 spiro atoms. The van der Waals surface area contributed by atoms with Gasteiger partial charge in [-0.15, -0.1) is 0 Å². The number of halogens is 1. The van der Waals surface area contributed by atoms with Gasteiger partial charge < -0.3 is 14.6 Å². The van der Waals surface area contributed by atoms with Crippen LogP contribution < -0.4 is 9.47 Å². The highest BCUT2D eigenvalue weighted by Crippen LogP contribution is 2.34. The Morgan fingerprint density at radius 2 is 1.96 bits per heavy atom. The summed E-state index contributed by atoms with van der Waals surface area (Å²) in [5, 5.41) is 8.99. The van der Waals surface area contributed by atoms with Crippen molar-refractivity contribution in [3.63, 3.8) is 0 Å². The molecule has 3 aromatic rings. The molecule has 0 atom stereocenters. The minimum Gasteiger partial charge on any atom is -0.493 e. The van der Waals surface area contributed by atoms with E-state index in [9.17, 15) is 4.79 Å². The van der Waals surface area contributed by atoms with E-state index in [1.165, 1.54) is 6.08 Å². The summed E-state index contributed by atoms with van der Waals surface area (Å²) in [5.74, 6) is 0.162. The third-order valence-electron chi connectivity index (χ3n) is 3.66. The second-order valence-corrected chi connectivity index (χ2v) is 6.08. The molecule has 1 aromatic carbocycles. The van der Waals surface area contributed by atoms with Crippen LogP contribution in [0, 0.1) is 0 Å². The van der Waals surface area contributed by atoms with Crippen molar-refractivity contribution in [2.45, 2.75) is 0 Å². The predicted molar refractivity (Wildman–Crippen MR) is 98.1 cm³/mol. The summed E-state index contributed by atoms with van der Waals surface area (Å²) in [6, 6.07) is 9.20. The summed E-state index contributed by atoms with van der Waals surface area (Å²) in [6.07, 6.45) is 4.46. The topological polar surface area (TPSA) is 73.1 Å². The molecule has 25 heavy (non-hydrogen) atoms. The van der Waals surface area contributed by atoms with Crippen LogP contribution in [0.1, 0.15) is 5.69 Å². The van der Waals surface area contributed by atoms with E-state index in [0.29, 0.717) is 28.5 Å². The summed E-state index contributed by atoms with van der Waals surface area (Å²) in [5.41, 5.74) is 2.81. The molecule has 0 saturated heterocycles. The molecule has 0 saturated carbocycles. The molecule has 0 amide bonds. The smallest absolute Gasteiger partial charge is 0.328 e. The van der Waals surface area contributed by atoms with Crippen molar-refractivity contribution >= 4 is 33.6 Å². The van der Waals surface area contributed by atoms with Crippen LogP contribution in [0.25, 0.3) is 23.0 Å². The maximum Gasteiger partial charge on any atom is 0.328 e. The Bertz CT molecular complexity index is 979. The summed E-state index contributed by atoms with van der Waals surface area (Å²) in [7, 11) is 3.13. The Morgan fingerprint density at radius 1 is 1.20 bits per heavy atom. The highest BCUT2D eigenvalue weighted by molar-refractivity contribution is 9.10. The molecule has 6 nitrogen and oxygen atoms in total. The Kier molecular flexibility index (Phi) is 4.76. The number of pyridine rings is 1. The van der Waals surface area contributed by atoms with Gasteiger partial charge in [-0.25, -0.2) is 9.78 Å². The monoisotopic (exact) mass is 402 g/mol. The molecule has 1 N–H and O–H groups in total. The van der Waals surface area contributed by atoms with Crippen LogP contribution in [-0.2, 0) is 4.79 Å². The third kappa shape index (κ3) is 3.36. The highest BCUT2D eigenvalue weighted by atomic mass is 79.9. The van der Waals surface area contributed by atoms with E-state index in [0.717, 1.165) is 16.1 Å². The van der Waals surface area contributed by atoms with Crippen molar-refractivity contribution < 1.29 is 19.4 Å². The summed E-state index contributed by atoms with van der Waals surface area (Å²) < 4.78 is 13.3. The van der Waals surface area contributed by atoms with Crippen LogP contribution >= 0.6 is 15.9 Å². The Labute approximate surface area is 152 Å². The minimum atomic E-state index is -1.02. The number of carboxylic acids is 1. The Morgan fingerprint density at radius 3 is 2.64 bits per heavy atom. The molecule has 128 valence electrons. The van der Waals surface area contributed by atoms with Gasteiger partial charge in [-0.05, 0) is 52.3 Å². The van der Waals surface area contributed by atoms with Gasteiger partial charge >= 0.3 is 5.97 Å². The number of benzene rings is 1. The summed E-state index contributed by atoms with van der Waals surface area (Å²) >= 11 is 3.43. The molecule has 2 aromatic heterocycles. The fourth-order valence-corrected chi connectivity index (χ4v) is 2.88. The molecule has 7 heteroatoms. The first-order valence-electron chi connectivity index (χ1n) is 7.34. The average Bonchev–Trinajstić information content (AvgIpc) is 2.96. The van der Waals surface area contributed by atoms with Gasteiger partial charge in [-0.2, -0.15) is 0 Å². The minimum absolute atomic E-state index is 0.575. The first kappa shape index (κ1) is 17.0. The van der Waals surface area contributed by atoms with E-state index in [4.69, 9.17) is 14.6 Å². The average molecular weight is 403 g/mol. The molecule has 0 unspecified atom stereocenters. The molecular weight excluding hydrogens is 388 g/mol. The lowest BCUT2D eigenvalue weighted by atomic mass is 10.1. The van der Waals surface area contributed by atoms with Crippen LogP contribution in [0.4, 0.5) is 0 Å². The second kappa shape index (κ2) is 6.98. The number of imidazole rings is 1. The van der Waals surface area contributed by atoms with Gasteiger partial charge in [0.1, 0.15) is 5.65 Å². The predicted octanol–water partition coefficient (Wildman–Crippen LogP) is 3.88. The number of aliphatic carboxylic acids is 1. The third-order valence-corrected chi connectivity index (χ3v) is 4.13. The van der Waals surface area contributed by atoms with E-state index in [1.54, 1.807) is 20.3 Å². The SMILES string of the molecule is COc1ccc(-c2nc3ccc(Br)cn3c2C=CC(=O)O)cc1OC. The van der Waals surface area contributed by atoms with Crippen LogP contribution in [0.15, 0.2) is 47.1 Å². The van der Waals surface area contributed by atoms with Crippen molar-refractivity contribution in [1.82, 2.24) is 9.38 Å². The second-order valence-electron chi connectivity index (χ2n) is 5.16. The number of fused-ring (bicyclic) bond motifs is 1. The van der Waals surface area contributed by atoms with Gasteiger partial charge in [0.25, 0.3) is 0 Å². The van der Waals surface area contributed by atoms with Crippen molar-refractivity contribution in [3.05, 3.63) is 52.8 Å². The Balaban J connectivity index is 2.24. The number of hydrogen-bond donors (Lipinski definition) is 1. The zero-order valence-corrected chi connectivity index (χ0v) is 15.1. The van der Waals surface area contributed by atoms with E-state index in [2.05, 4.69) is 20.9 Å². The van der Waals surface area contributed by atoms with Crippen LogP contribution in [0.3, 0.4) is 0 Å². The van der Waals surface area contributed by atoms with Crippen LogP contribution in [0.2, 0.25) is 0 Å². The normalized spacial score (nSPS) is 11.2. The number of methoxy groups -OCH3 is 2. The van der Waals surface area contributed by atoms with Gasteiger partial charge in [0.15, 0.2) is 11.5 Å². The molecule has 2 heterocycles. The van der Waals surface area contributed by atoms with E-state index in [1.807, 2.05) is 34.9 Å². The zero-order chi connectivity index (χ0) is 18.0. The molecule has 0 fully saturated rings. The largest absolute Gasteiger partial charge is 0.493 e. The lowest BCUT2D eigenvalue weighted by molar-refractivity contribution is -0.131. The number of ether oxygens (including phenoxy) is 2.